The van der Waals surface area contributed by atoms with Gasteiger partial charge in [0.25, 0.3) is 0 Å². The van der Waals surface area contributed by atoms with Crippen LogP contribution in [-0.4, -0.2) is 27.8 Å². The zero-order chi connectivity index (χ0) is 8.55. The van der Waals surface area contributed by atoms with E-state index in [9.17, 15) is 4.79 Å². The van der Waals surface area contributed by atoms with Gasteiger partial charge in [-0.1, -0.05) is 0 Å². The fourth-order valence-electron chi connectivity index (χ4n) is 1.07. The maximum atomic E-state index is 11.1. The summed E-state index contributed by atoms with van der Waals surface area (Å²) in [6.45, 7) is 0. The summed E-state index contributed by atoms with van der Waals surface area (Å²) < 4.78 is 6.18. The van der Waals surface area contributed by atoms with Crippen molar-refractivity contribution in [1.29, 1.82) is 0 Å². The van der Waals surface area contributed by atoms with Gasteiger partial charge < -0.3 is 4.74 Å². The number of nitrogens with zero attached hydrogens (tertiary/aromatic N) is 3. The Labute approximate surface area is 69.4 Å². The van der Waals surface area contributed by atoms with Crippen LogP contribution >= 0.6 is 0 Å². The first kappa shape index (κ1) is 7.27. The van der Waals surface area contributed by atoms with Crippen molar-refractivity contribution in [1.82, 2.24) is 14.8 Å². The van der Waals surface area contributed by atoms with E-state index in [1.54, 1.807) is 4.68 Å². The maximum Gasteiger partial charge on any atom is 0.375 e. The number of hydrogen-bond acceptors (Lipinski definition) is 4. The summed E-state index contributed by atoms with van der Waals surface area (Å²) in [7, 11) is 1.34. The quantitative estimate of drug-likeness (QED) is 0.598. The Hall–Kier alpha value is -1.39. The van der Waals surface area contributed by atoms with Gasteiger partial charge in [-0.2, -0.15) is 5.10 Å². The zero-order valence-electron chi connectivity index (χ0n) is 6.73. The van der Waals surface area contributed by atoms with Gasteiger partial charge in [0.15, 0.2) is 0 Å². The average molecular weight is 167 g/mol. The van der Waals surface area contributed by atoms with Crippen LogP contribution in [0, 0.1) is 0 Å². The first-order valence-electron chi connectivity index (χ1n) is 3.80. The molecule has 1 aliphatic rings. The highest BCUT2D eigenvalue weighted by atomic mass is 16.5. The topological polar surface area (TPSA) is 57.0 Å². The van der Waals surface area contributed by atoms with Gasteiger partial charge in [-0.15, -0.1) is 0 Å². The number of methoxy groups -OCH3 is 1. The van der Waals surface area contributed by atoms with Crippen LogP contribution in [-0.2, 0) is 4.74 Å². The predicted molar refractivity (Wildman–Crippen MR) is 39.6 cm³/mol. The lowest BCUT2D eigenvalue weighted by molar-refractivity contribution is 0.0579. The molecule has 64 valence electrons. The minimum absolute atomic E-state index is 0.306. The third-order valence-corrected chi connectivity index (χ3v) is 1.83. The molecule has 1 fully saturated rings. The predicted octanol–water partition coefficient (Wildman–Crippen LogP) is 0.400. The highest BCUT2D eigenvalue weighted by molar-refractivity contribution is 5.85. The first-order valence-corrected chi connectivity index (χ1v) is 3.80. The van der Waals surface area contributed by atoms with Crippen LogP contribution in [0.3, 0.4) is 0 Å². The summed E-state index contributed by atoms with van der Waals surface area (Å²) in [5.41, 5.74) is 0. The molecule has 1 aromatic heterocycles. The minimum atomic E-state index is -0.417. The highest BCUT2D eigenvalue weighted by Gasteiger charge is 2.29. The molecule has 0 atom stereocenters. The number of hydrogen-bond donors (Lipinski definition) is 0. The van der Waals surface area contributed by atoms with Gasteiger partial charge in [-0.25, -0.2) is 14.5 Å². The monoisotopic (exact) mass is 167 g/mol. The fraction of sp³-hybridized carbons (Fsp3) is 0.571. The lowest BCUT2D eigenvalue weighted by Crippen LogP contribution is -2.11. The Morgan fingerprint density at radius 1 is 1.75 bits per heavy atom. The van der Waals surface area contributed by atoms with E-state index in [0.717, 1.165) is 12.8 Å². The van der Waals surface area contributed by atoms with Crippen molar-refractivity contribution in [2.75, 3.05) is 7.11 Å². The van der Waals surface area contributed by atoms with Crippen LogP contribution in [0.25, 0.3) is 0 Å². The molecule has 0 N–H and O–H groups in total. The number of ether oxygens (including phenoxy) is 1. The van der Waals surface area contributed by atoms with Crippen molar-refractivity contribution in [2.45, 2.75) is 18.9 Å². The van der Waals surface area contributed by atoms with Gasteiger partial charge in [0.2, 0.25) is 5.82 Å². The van der Waals surface area contributed by atoms with Gasteiger partial charge >= 0.3 is 5.97 Å². The van der Waals surface area contributed by atoms with Crippen LogP contribution in [0.5, 0.6) is 0 Å². The summed E-state index contributed by atoms with van der Waals surface area (Å²) in [5, 5.41) is 3.95. The standard InChI is InChI=1S/C7H9N3O2/c1-12-7(11)6-8-4-9-10(6)5-2-3-5/h4-5H,2-3H2,1H3. The largest absolute Gasteiger partial charge is 0.463 e. The second-order valence-electron chi connectivity index (χ2n) is 2.75. The second kappa shape index (κ2) is 2.58. The molecule has 0 bridgehead atoms. The molecule has 1 heterocycles. The molecule has 1 aromatic rings. The molecule has 0 aliphatic heterocycles. The molecular formula is C7H9N3O2. The molecule has 1 saturated carbocycles. The minimum Gasteiger partial charge on any atom is -0.463 e. The molecule has 0 aromatic carbocycles. The van der Waals surface area contributed by atoms with E-state index >= 15 is 0 Å². The molecule has 0 radical (unpaired) electrons. The molecule has 0 saturated heterocycles. The van der Waals surface area contributed by atoms with E-state index in [1.165, 1.54) is 13.4 Å². The summed E-state index contributed by atoms with van der Waals surface area (Å²) >= 11 is 0. The third-order valence-electron chi connectivity index (χ3n) is 1.83. The number of aromatic nitrogens is 3. The first-order chi connectivity index (χ1) is 5.83. The van der Waals surface area contributed by atoms with Gasteiger partial charge in [0, 0.05) is 0 Å². The number of carbonyl (C=O) groups excluding carboxylic acids is 1. The van der Waals surface area contributed by atoms with E-state index in [0.29, 0.717) is 11.9 Å². The number of esters is 1. The van der Waals surface area contributed by atoms with Gasteiger partial charge in [0.05, 0.1) is 13.2 Å². The second-order valence-corrected chi connectivity index (χ2v) is 2.75. The van der Waals surface area contributed by atoms with Crippen molar-refractivity contribution < 1.29 is 9.53 Å². The van der Waals surface area contributed by atoms with Crippen molar-refractivity contribution in [2.24, 2.45) is 0 Å². The summed E-state index contributed by atoms with van der Waals surface area (Å²) in [5.74, 6) is -0.112. The molecule has 1 aliphatic carbocycles. The lowest BCUT2D eigenvalue weighted by Gasteiger charge is -2.00. The Kier molecular flexibility index (Phi) is 1.56. The third kappa shape index (κ3) is 1.07. The van der Waals surface area contributed by atoms with E-state index in [4.69, 9.17) is 0 Å². The van der Waals surface area contributed by atoms with Crippen LogP contribution in [0.4, 0.5) is 0 Å². The Morgan fingerprint density at radius 3 is 3.08 bits per heavy atom. The van der Waals surface area contributed by atoms with Crippen molar-refractivity contribution in [3.63, 3.8) is 0 Å². The number of rotatable bonds is 2. The molecule has 5 nitrogen and oxygen atoms in total. The van der Waals surface area contributed by atoms with Gasteiger partial charge in [-0.05, 0) is 12.8 Å². The summed E-state index contributed by atoms with van der Waals surface area (Å²) in [4.78, 5) is 14.9. The Bertz CT molecular complexity index is 303. The van der Waals surface area contributed by atoms with E-state index < -0.39 is 5.97 Å². The van der Waals surface area contributed by atoms with Gasteiger partial charge in [-0.3, -0.25) is 0 Å². The zero-order valence-corrected chi connectivity index (χ0v) is 6.73. The smallest absolute Gasteiger partial charge is 0.375 e. The fourth-order valence-corrected chi connectivity index (χ4v) is 1.07. The Morgan fingerprint density at radius 2 is 2.50 bits per heavy atom. The van der Waals surface area contributed by atoms with Crippen LogP contribution in [0.1, 0.15) is 29.5 Å². The van der Waals surface area contributed by atoms with Crippen LogP contribution in [0.15, 0.2) is 6.33 Å². The maximum absolute atomic E-state index is 11.1. The lowest BCUT2D eigenvalue weighted by atomic mass is 10.6. The molecule has 12 heavy (non-hydrogen) atoms. The molecule has 0 unspecified atom stereocenters. The van der Waals surface area contributed by atoms with E-state index in [-0.39, 0.29) is 0 Å². The Balaban J connectivity index is 2.29. The molecule has 0 amide bonds. The van der Waals surface area contributed by atoms with Crippen LogP contribution < -0.4 is 0 Å². The molecule has 5 heteroatoms. The molecule has 2 rings (SSSR count). The summed E-state index contributed by atoms with van der Waals surface area (Å²) in [6.07, 6.45) is 3.53. The number of carbonyl (C=O) groups is 1. The molecular weight excluding hydrogens is 158 g/mol. The van der Waals surface area contributed by atoms with Crippen molar-refractivity contribution in [3.05, 3.63) is 12.2 Å². The van der Waals surface area contributed by atoms with E-state index in [2.05, 4.69) is 14.8 Å². The average Bonchev–Trinajstić information content (AvgIpc) is 2.83. The van der Waals surface area contributed by atoms with E-state index in [1.807, 2.05) is 0 Å². The van der Waals surface area contributed by atoms with Crippen molar-refractivity contribution >= 4 is 5.97 Å². The van der Waals surface area contributed by atoms with Crippen LogP contribution in [0.2, 0.25) is 0 Å². The summed E-state index contributed by atoms with van der Waals surface area (Å²) in [6, 6.07) is 0.363. The van der Waals surface area contributed by atoms with Gasteiger partial charge in [0.1, 0.15) is 6.33 Å². The molecule has 0 spiro atoms. The normalized spacial score (nSPS) is 16.1. The van der Waals surface area contributed by atoms with Crippen molar-refractivity contribution in [3.8, 4) is 0 Å². The SMILES string of the molecule is COC(=O)c1ncnn1C1CC1. The highest BCUT2D eigenvalue weighted by Crippen LogP contribution is 2.34.